The highest BCUT2D eigenvalue weighted by atomic mass is 17.0. The molecule has 1 unspecified atom stereocenters. The monoisotopic (exact) mass is 251 g/mol. The first-order chi connectivity index (χ1) is 8.01. The smallest absolute Gasteiger partial charge is 0.460 e. The number of aliphatic hydroxyl groups excluding tert-OH is 1. The molecule has 0 saturated heterocycles. The second-order valence-corrected chi connectivity index (χ2v) is 2.63. The highest BCUT2D eigenvalue weighted by molar-refractivity contribution is 5.81. The minimum Gasteiger partial charge on any atom is -0.460 e. The van der Waals surface area contributed by atoms with Crippen molar-refractivity contribution in [2.24, 2.45) is 0 Å². The summed E-state index contributed by atoms with van der Waals surface area (Å²) in [6.45, 7) is 3.63. The molecule has 17 heavy (non-hydrogen) atoms. The number of carbonyl (C=O) groups excluding carboxylic acids is 1. The molecule has 0 aliphatic carbocycles. The number of hydrogen-bond donors (Lipinski definition) is 2. The Hall–Kier alpha value is -1.67. The summed E-state index contributed by atoms with van der Waals surface area (Å²) in [6, 6.07) is 0. The van der Waals surface area contributed by atoms with Crippen LogP contribution in [0.5, 0.6) is 0 Å². The maximum Gasteiger partial charge on any atom is 0.476 e. The van der Waals surface area contributed by atoms with Crippen molar-refractivity contribution in [3.8, 4) is 0 Å². The van der Waals surface area contributed by atoms with Crippen LogP contribution in [-0.2, 0) is 19.2 Å². The van der Waals surface area contributed by atoms with Gasteiger partial charge < -0.3 is 15.2 Å². The van der Waals surface area contributed by atoms with Crippen LogP contribution >= 0.6 is 0 Å². The van der Waals surface area contributed by atoms with Gasteiger partial charge in [0.2, 0.25) is 0 Å². The van der Waals surface area contributed by atoms with Crippen LogP contribution < -0.4 is 5.32 Å². The maximum absolute atomic E-state index is 10.4. The van der Waals surface area contributed by atoms with Crippen LogP contribution in [0.25, 0.3) is 0 Å². The Bertz CT molecular complexity index is 228. The van der Waals surface area contributed by atoms with E-state index < -0.39 is 12.1 Å². The van der Waals surface area contributed by atoms with Crippen LogP contribution in [0.1, 0.15) is 0 Å². The molecule has 0 amide bonds. The molecule has 0 aromatic rings. The summed E-state index contributed by atoms with van der Waals surface area (Å²) in [4.78, 5) is 28.0. The number of hydrogen-bond acceptors (Lipinski definition) is 7. The molecule has 100 valence electrons. The zero-order chi connectivity index (χ0) is 13.7. The number of carbonyl (C=O) groups is 1. The number of rotatable bonds is 7. The Morgan fingerprint density at radius 1 is 1.53 bits per heavy atom. The highest BCUT2D eigenvalue weighted by Crippen LogP contribution is 1.84. The predicted molar refractivity (Wildman–Crippen MR) is 58.7 cm³/mol. The van der Waals surface area contributed by atoms with Crippen molar-refractivity contribution in [1.29, 1.82) is 0 Å². The predicted octanol–water partition coefficient (Wildman–Crippen LogP) is -0.816. The van der Waals surface area contributed by atoms with E-state index in [1.807, 2.05) is 0 Å². The molecule has 0 aliphatic heterocycles. The number of likely N-dealkylation sites (N-methyl/N-ethyl adjacent to an activating group) is 1. The van der Waals surface area contributed by atoms with E-state index in [-0.39, 0.29) is 11.7 Å². The van der Waals surface area contributed by atoms with Crippen molar-refractivity contribution in [3.05, 3.63) is 17.6 Å². The van der Waals surface area contributed by atoms with Gasteiger partial charge in [-0.3, -0.25) is 0 Å². The van der Waals surface area contributed by atoms with Crippen molar-refractivity contribution in [2.75, 3.05) is 34.4 Å². The molecule has 0 spiro atoms. The molecule has 0 bridgehead atoms. The second-order valence-electron chi connectivity index (χ2n) is 2.63. The fraction of sp³-hybridized carbons (Fsp3) is 0.667. The molecule has 2 N–H and O–H groups in total. The van der Waals surface area contributed by atoms with Crippen LogP contribution in [0.2, 0.25) is 0 Å². The summed E-state index contributed by atoms with van der Waals surface area (Å²) in [5.74, 6) is -0.514. The lowest BCUT2D eigenvalue weighted by Gasteiger charge is -2.08. The van der Waals surface area contributed by atoms with Crippen molar-refractivity contribution < 1.29 is 29.4 Å². The zero-order valence-electron chi connectivity index (χ0n) is 10.2. The Morgan fingerprint density at radius 2 is 2.06 bits per heavy atom. The summed E-state index contributed by atoms with van der Waals surface area (Å²) in [5.41, 5.74) is 0. The van der Waals surface area contributed by atoms with Gasteiger partial charge in [-0.2, -0.15) is 9.68 Å². The van der Waals surface area contributed by atoms with E-state index in [1.165, 1.54) is 14.2 Å². The van der Waals surface area contributed by atoms with E-state index in [0.717, 1.165) is 6.08 Å². The molecule has 0 aromatic carbocycles. The minimum atomic E-state index is -0.649. The van der Waals surface area contributed by atoms with Crippen LogP contribution in [0, 0.1) is 4.91 Å². The van der Waals surface area contributed by atoms with Crippen molar-refractivity contribution in [1.82, 2.24) is 5.32 Å². The Kier molecular flexibility index (Phi) is 12.9. The standard InChI is InChI=1S/C7H13NO3.C2H6NO3/c1-3-7(10)11-5-6(9)4-8-2;1-5-3(4)6-2/h3,6,8-9H,1,4-5H2,2H3;1-2H3/q;+1. The molecular formula is C9H19N2O6+. The molecule has 0 fully saturated rings. The van der Waals surface area contributed by atoms with Crippen molar-refractivity contribution in [2.45, 2.75) is 6.10 Å². The van der Waals surface area contributed by atoms with Gasteiger partial charge in [-0.05, 0) is 7.05 Å². The lowest BCUT2D eigenvalue weighted by atomic mass is 10.4. The van der Waals surface area contributed by atoms with Gasteiger partial charge in [0, 0.05) is 12.6 Å². The molecule has 0 heterocycles. The molecule has 1 atom stereocenters. The fourth-order valence-electron chi connectivity index (χ4n) is 0.606. The number of esters is 1. The Labute approximate surface area is 99.6 Å². The quantitative estimate of drug-likeness (QED) is 0.347. The third-order valence-corrected chi connectivity index (χ3v) is 1.32. The van der Waals surface area contributed by atoms with Gasteiger partial charge in [0.1, 0.15) is 17.6 Å². The lowest BCUT2D eigenvalue weighted by Crippen LogP contribution is -2.28. The van der Waals surface area contributed by atoms with Gasteiger partial charge in [-0.15, -0.1) is 0 Å². The van der Waals surface area contributed by atoms with Gasteiger partial charge in [0.05, 0.1) is 0 Å². The normalized spacial score (nSPS) is 10.4. The summed E-state index contributed by atoms with van der Waals surface area (Å²) >= 11 is 0. The van der Waals surface area contributed by atoms with E-state index >= 15 is 0 Å². The molecule has 0 rings (SSSR count). The molecule has 0 aliphatic rings. The van der Waals surface area contributed by atoms with Crippen molar-refractivity contribution in [3.63, 3.8) is 0 Å². The Balaban J connectivity index is 0. The maximum atomic E-state index is 10.4. The van der Waals surface area contributed by atoms with Crippen LogP contribution in [-0.4, -0.2) is 56.7 Å². The zero-order valence-corrected chi connectivity index (χ0v) is 10.2. The average Bonchev–Trinajstić information content (AvgIpc) is 2.35. The molecule has 8 nitrogen and oxygen atoms in total. The first-order valence-electron chi connectivity index (χ1n) is 4.69. The van der Waals surface area contributed by atoms with E-state index in [0.29, 0.717) is 6.54 Å². The molecular weight excluding hydrogens is 232 g/mol. The van der Waals surface area contributed by atoms with Gasteiger partial charge in [-0.25, -0.2) is 4.79 Å². The topological polar surface area (TPSA) is 97.1 Å². The van der Waals surface area contributed by atoms with Gasteiger partial charge in [0.15, 0.2) is 14.2 Å². The van der Waals surface area contributed by atoms with Crippen LogP contribution in [0.15, 0.2) is 12.7 Å². The highest BCUT2D eigenvalue weighted by Gasteiger charge is 2.04. The molecule has 8 heteroatoms. The lowest BCUT2D eigenvalue weighted by molar-refractivity contribution is -0.972. The largest absolute Gasteiger partial charge is 0.476 e. The van der Waals surface area contributed by atoms with E-state index in [9.17, 15) is 9.70 Å². The fourth-order valence-corrected chi connectivity index (χ4v) is 0.606. The first kappa shape index (κ1) is 17.7. The number of nitrogens with zero attached hydrogens (tertiary/aromatic N) is 1. The van der Waals surface area contributed by atoms with Gasteiger partial charge in [-0.1, -0.05) is 6.58 Å². The minimum absolute atomic E-state index is 0. The van der Waals surface area contributed by atoms with Gasteiger partial charge in [0.25, 0.3) is 0 Å². The number of nitrogens with one attached hydrogen (secondary N) is 1. The van der Waals surface area contributed by atoms with E-state index in [4.69, 9.17) is 5.11 Å². The van der Waals surface area contributed by atoms with Crippen molar-refractivity contribution >= 4 is 5.97 Å². The summed E-state index contributed by atoms with van der Waals surface area (Å²) in [7, 11) is 4.14. The molecule has 0 radical (unpaired) electrons. The average molecular weight is 251 g/mol. The third kappa shape index (κ3) is 14.3. The first-order valence-corrected chi connectivity index (χ1v) is 4.69. The van der Waals surface area contributed by atoms with Gasteiger partial charge >= 0.3 is 11.1 Å². The van der Waals surface area contributed by atoms with Crippen LogP contribution in [0.4, 0.5) is 0 Å². The van der Waals surface area contributed by atoms with Crippen LogP contribution in [0.3, 0.4) is 0 Å². The molecule has 0 saturated carbocycles. The number of ether oxygens (including phenoxy) is 1. The second kappa shape index (κ2) is 12.4. The van der Waals surface area contributed by atoms with E-state index in [1.54, 1.807) is 7.05 Å². The summed E-state index contributed by atoms with van der Waals surface area (Å²) in [6.07, 6.45) is 0.412. The van der Waals surface area contributed by atoms with E-state index in [2.05, 4.69) is 26.3 Å². The molecule has 0 aromatic heterocycles. The SMILES string of the molecule is C=CC(=O)OCC(O)CNC.CO[N+](=O)OC. The summed E-state index contributed by atoms with van der Waals surface area (Å²) < 4.78 is 4.56. The summed E-state index contributed by atoms with van der Waals surface area (Å²) in [5, 5.41) is 11.8. The Morgan fingerprint density at radius 3 is 2.35 bits per heavy atom. The number of aliphatic hydroxyl groups is 1. The third-order valence-electron chi connectivity index (χ3n) is 1.32.